The predicted octanol–water partition coefficient (Wildman–Crippen LogP) is 2.47. The molecule has 96 valence electrons. The Morgan fingerprint density at radius 3 is 2.47 bits per heavy atom. The molecule has 1 amide bonds. The number of primary amides is 1. The molecule has 0 saturated heterocycles. The average Bonchev–Trinajstić information content (AvgIpc) is 2.90. The van der Waals surface area contributed by atoms with Crippen molar-refractivity contribution < 1.29 is 14.3 Å². The minimum Gasteiger partial charge on any atom is -0.423 e. The van der Waals surface area contributed by atoms with Crippen LogP contribution in [0.15, 0.2) is 47.9 Å². The molecule has 1 aromatic heterocycles. The molecule has 2 aromatic rings. The molecular formula is C14H11NO3S. The molecule has 0 spiro atoms. The van der Waals surface area contributed by atoms with Crippen LogP contribution in [0.5, 0.6) is 5.75 Å². The van der Waals surface area contributed by atoms with Gasteiger partial charge in [-0.05, 0) is 41.8 Å². The zero-order valence-electron chi connectivity index (χ0n) is 9.91. The van der Waals surface area contributed by atoms with Gasteiger partial charge in [0, 0.05) is 16.5 Å². The van der Waals surface area contributed by atoms with Gasteiger partial charge in [0.15, 0.2) is 0 Å². The van der Waals surface area contributed by atoms with E-state index in [1.807, 2.05) is 17.5 Å². The number of benzene rings is 1. The molecule has 19 heavy (non-hydrogen) atoms. The topological polar surface area (TPSA) is 69.4 Å². The van der Waals surface area contributed by atoms with Gasteiger partial charge in [0.05, 0.1) is 0 Å². The van der Waals surface area contributed by atoms with Crippen LogP contribution >= 0.6 is 11.3 Å². The molecule has 0 aliphatic heterocycles. The monoisotopic (exact) mass is 273 g/mol. The first kappa shape index (κ1) is 13.0. The van der Waals surface area contributed by atoms with Crippen LogP contribution in [-0.2, 0) is 4.79 Å². The highest BCUT2D eigenvalue weighted by atomic mass is 32.1. The minimum absolute atomic E-state index is 0.367. The number of carbonyl (C=O) groups is 2. The summed E-state index contributed by atoms with van der Waals surface area (Å²) >= 11 is 1.53. The Hall–Kier alpha value is -2.40. The molecule has 1 aromatic carbocycles. The Morgan fingerprint density at radius 2 is 1.89 bits per heavy atom. The van der Waals surface area contributed by atoms with E-state index in [9.17, 15) is 9.59 Å². The average molecular weight is 273 g/mol. The second kappa shape index (κ2) is 5.97. The number of esters is 1. The van der Waals surface area contributed by atoms with Crippen molar-refractivity contribution in [2.24, 2.45) is 5.73 Å². The number of hydrogen-bond acceptors (Lipinski definition) is 4. The number of nitrogens with two attached hydrogens (primary N) is 1. The van der Waals surface area contributed by atoms with Crippen LogP contribution in [-0.4, -0.2) is 11.9 Å². The van der Waals surface area contributed by atoms with Crippen LogP contribution in [0.3, 0.4) is 0 Å². The maximum absolute atomic E-state index is 11.5. The molecule has 0 fully saturated rings. The second-order valence-electron chi connectivity index (χ2n) is 3.66. The molecule has 0 aliphatic carbocycles. The quantitative estimate of drug-likeness (QED) is 0.528. The van der Waals surface area contributed by atoms with Crippen molar-refractivity contribution in [3.63, 3.8) is 0 Å². The van der Waals surface area contributed by atoms with Gasteiger partial charge in [-0.3, -0.25) is 4.79 Å². The highest BCUT2D eigenvalue weighted by molar-refractivity contribution is 7.10. The summed E-state index contributed by atoms with van der Waals surface area (Å²) < 4.78 is 5.07. The van der Waals surface area contributed by atoms with Crippen molar-refractivity contribution in [1.82, 2.24) is 0 Å². The molecule has 0 aliphatic rings. The van der Waals surface area contributed by atoms with E-state index in [4.69, 9.17) is 10.5 Å². The molecule has 0 unspecified atom stereocenters. The van der Waals surface area contributed by atoms with Crippen molar-refractivity contribution in [3.05, 3.63) is 58.3 Å². The molecule has 0 atom stereocenters. The molecule has 0 saturated carbocycles. The zero-order valence-corrected chi connectivity index (χ0v) is 10.7. The van der Waals surface area contributed by atoms with E-state index in [1.54, 1.807) is 6.08 Å². The lowest BCUT2D eigenvalue weighted by molar-refractivity contribution is -0.128. The standard InChI is InChI=1S/C14H11NO3S/c15-14(17)10-3-5-11(6-4-10)18-13(16)8-7-12-2-1-9-19-12/h1-9H,(H2,15,17)/b8-7+. The first-order chi connectivity index (χ1) is 9.15. The summed E-state index contributed by atoms with van der Waals surface area (Å²) in [4.78, 5) is 23.4. The Morgan fingerprint density at radius 1 is 1.16 bits per heavy atom. The molecule has 0 radical (unpaired) electrons. The number of ether oxygens (including phenoxy) is 1. The normalized spacial score (nSPS) is 10.5. The Kier molecular flexibility index (Phi) is 4.10. The van der Waals surface area contributed by atoms with Gasteiger partial charge in [0.25, 0.3) is 0 Å². The zero-order chi connectivity index (χ0) is 13.7. The summed E-state index contributed by atoms with van der Waals surface area (Å²) in [5, 5.41) is 1.92. The SMILES string of the molecule is NC(=O)c1ccc(OC(=O)/C=C/c2cccs2)cc1. The van der Waals surface area contributed by atoms with Crippen LogP contribution < -0.4 is 10.5 Å². The lowest BCUT2D eigenvalue weighted by Crippen LogP contribution is -2.10. The fourth-order valence-electron chi connectivity index (χ4n) is 1.37. The largest absolute Gasteiger partial charge is 0.423 e. The molecule has 0 bridgehead atoms. The van der Waals surface area contributed by atoms with Crippen LogP contribution in [0.4, 0.5) is 0 Å². The van der Waals surface area contributed by atoms with E-state index in [0.29, 0.717) is 11.3 Å². The number of rotatable bonds is 4. The third-order valence-electron chi connectivity index (χ3n) is 2.28. The van der Waals surface area contributed by atoms with Gasteiger partial charge in [0.1, 0.15) is 5.75 Å². The number of thiophene rings is 1. The highest BCUT2D eigenvalue weighted by Gasteiger charge is 2.03. The van der Waals surface area contributed by atoms with E-state index in [-0.39, 0.29) is 0 Å². The van der Waals surface area contributed by atoms with Crippen LogP contribution in [0.1, 0.15) is 15.2 Å². The van der Waals surface area contributed by atoms with E-state index < -0.39 is 11.9 Å². The summed E-state index contributed by atoms with van der Waals surface area (Å²) in [6, 6.07) is 9.87. The third kappa shape index (κ3) is 3.79. The van der Waals surface area contributed by atoms with Gasteiger partial charge in [-0.15, -0.1) is 11.3 Å². The summed E-state index contributed by atoms with van der Waals surface area (Å²) in [5.74, 6) is -0.624. The van der Waals surface area contributed by atoms with Crippen molar-refractivity contribution in [2.75, 3.05) is 0 Å². The van der Waals surface area contributed by atoms with Gasteiger partial charge in [-0.2, -0.15) is 0 Å². The van der Waals surface area contributed by atoms with Crippen LogP contribution in [0.2, 0.25) is 0 Å². The smallest absolute Gasteiger partial charge is 0.336 e. The molecular weight excluding hydrogens is 262 g/mol. The first-order valence-corrected chi connectivity index (χ1v) is 6.36. The number of carbonyl (C=O) groups excluding carboxylic acids is 2. The molecule has 2 rings (SSSR count). The van der Waals surface area contributed by atoms with E-state index >= 15 is 0 Å². The Bertz CT molecular complexity index is 600. The van der Waals surface area contributed by atoms with Gasteiger partial charge in [-0.1, -0.05) is 6.07 Å². The number of hydrogen-bond donors (Lipinski definition) is 1. The van der Waals surface area contributed by atoms with Gasteiger partial charge in [0.2, 0.25) is 5.91 Å². The number of amides is 1. The molecule has 1 heterocycles. The van der Waals surface area contributed by atoms with Gasteiger partial charge < -0.3 is 10.5 Å². The first-order valence-electron chi connectivity index (χ1n) is 5.48. The summed E-state index contributed by atoms with van der Waals surface area (Å²) in [6.45, 7) is 0. The fourth-order valence-corrected chi connectivity index (χ4v) is 1.99. The van der Waals surface area contributed by atoms with Crippen molar-refractivity contribution in [2.45, 2.75) is 0 Å². The van der Waals surface area contributed by atoms with Crippen LogP contribution in [0, 0.1) is 0 Å². The Labute approximate surface area is 114 Å². The van der Waals surface area contributed by atoms with Crippen LogP contribution in [0.25, 0.3) is 6.08 Å². The maximum atomic E-state index is 11.5. The van der Waals surface area contributed by atoms with E-state index in [2.05, 4.69) is 0 Å². The lowest BCUT2D eigenvalue weighted by Gasteiger charge is -2.01. The van der Waals surface area contributed by atoms with Crippen molar-refractivity contribution in [1.29, 1.82) is 0 Å². The van der Waals surface area contributed by atoms with Crippen molar-refractivity contribution >= 4 is 29.3 Å². The molecule has 2 N–H and O–H groups in total. The van der Waals surface area contributed by atoms with Crippen molar-refractivity contribution in [3.8, 4) is 5.75 Å². The fraction of sp³-hybridized carbons (Fsp3) is 0. The minimum atomic E-state index is -0.518. The molecule has 4 nitrogen and oxygen atoms in total. The maximum Gasteiger partial charge on any atom is 0.336 e. The summed E-state index contributed by atoms with van der Waals surface area (Å²) in [6.07, 6.45) is 3.04. The van der Waals surface area contributed by atoms with Gasteiger partial charge in [-0.25, -0.2) is 4.79 Å². The lowest BCUT2D eigenvalue weighted by atomic mass is 10.2. The third-order valence-corrected chi connectivity index (χ3v) is 3.12. The Balaban J connectivity index is 1.97. The van der Waals surface area contributed by atoms with E-state index in [0.717, 1.165) is 4.88 Å². The summed E-state index contributed by atoms with van der Waals surface area (Å²) in [7, 11) is 0. The predicted molar refractivity (Wildman–Crippen MR) is 73.9 cm³/mol. The van der Waals surface area contributed by atoms with E-state index in [1.165, 1.54) is 41.7 Å². The van der Waals surface area contributed by atoms with Gasteiger partial charge >= 0.3 is 5.97 Å². The molecule has 5 heteroatoms. The highest BCUT2D eigenvalue weighted by Crippen LogP contribution is 2.13. The second-order valence-corrected chi connectivity index (χ2v) is 4.64. The summed E-state index contributed by atoms with van der Waals surface area (Å²) in [5.41, 5.74) is 5.48.